The highest BCUT2D eigenvalue weighted by molar-refractivity contribution is 5.82. The number of hydrogen-bond donors (Lipinski definition) is 0. The molecule has 0 saturated heterocycles. The molecule has 1 aliphatic heterocycles. The molecule has 0 atom stereocenters. The van der Waals surface area contributed by atoms with Gasteiger partial charge < -0.3 is 4.74 Å². The van der Waals surface area contributed by atoms with Crippen LogP contribution in [0.5, 0.6) is 0 Å². The molecule has 0 aromatic heterocycles. The summed E-state index contributed by atoms with van der Waals surface area (Å²) in [6, 6.07) is 9.12. The third kappa shape index (κ3) is 2.44. The lowest BCUT2D eigenvalue weighted by Gasteiger charge is -2.10. The fraction of sp³-hybridized carbons (Fsp3) is 0.300. The molecule has 1 heterocycles. The van der Waals surface area contributed by atoms with E-state index in [1.165, 1.54) is 5.01 Å². The second kappa shape index (κ2) is 4.03. The molecule has 0 fully saturated rings. The zero-order valence-corrected chi connectivity index (χ0v) is 8.24. The van der Waals surface area contributed by atoms with E-state index in [9.17, 15) is 13.2 Å². The molecule has 0 bridgehead atoms. The van der Waals surface area contributed by atoms with E-state index in [1.54, 1.807) is 0 Å². The van der Waals surface area contributed by atoms with Crippen molar-refractivity contribution in [3.05, 3.63) is 35.9 Å². The van der Waals surface area contributed by atoms with Gasteiger partial charge in [0.25, 0.3) is 0 Å². The van der Waals surface area contributed by atoms with E-state index < -0.39 is 12.1 Å². The summed E-state index contributed by atoms with van der Waals surface area (Å²) >= 11 is 0. The molecule has 1 aromatic rings. The minimum absolute atomic E-state index is 0.163. The zero-order chi connectivity index (χ0) is 11.6. The number of ether oxygens (including phenoxy) is 1. The first-order valence-corrected chi connectivity index (χ1v) is 4.63. The number of alkyl halides is 3. The van der Waals surface area contributed by atoms with Gasteiger partial charge in [0.05, 0.1) is 6.54 Å². The van der Waals surface area contributed by atoms with Crippen molar-refractivity contribution in [3.8, 4) is 0 Å². The Morgan fingerprint density at radius 3 is 2.50 bits per heavy atom. The van der Waals surface area contributed by atoms with Crippen molar-refractivity contribution in [2.45, 2.75) is 12.7 Å². The maximum atomic E-state index is 12.2. The van der Waals surface area contributed by atoms with E-state index in [0.717, 1.165) is 5.56 Å². The van der Waals surface area contributed by atoms with Gasteiger partial charge in [-0.1, -0.05) is 30.3 Å². The van der Waals surface area contributed by atoms with E-state index >= 15 is 0 Å². The summed E-state index contributed by atoms with van der Waals surface area (Å²) in [5.74, 6) is -1.18. The maximum Gasteiger partial charge on any atom is 0.470 e. The molecule has 0 radical (unpaired) electrons. The van der Waals surface area contributed by atoms with Crippen molar-refractivity contribution < 1.29 is 17.9 Å². The number of halogens is 3. The highest BCUT2D eigenvalue weighted by Crippen LogP contribution is 2.22. The van der Waals surface area contributed by atoms with Crippen LogP contribution in [0.15, 0.2) is 35.4 Å². The van der Waals surface area contributed by atoms with Crippen molar-refractivity contribution in [3.63, 3.8) is 0 Å². The van der Waals surface area contributed by atoms with Crippen LogP contribution in [0.25, 0.3) is 0 Å². The molecule has 2 rings (SSSR count). The average Bonchev–Trinajstić information content (AvgIpc) is 2.67. The number of hydrogen-bond acceptors (Lipinski definition) is 3. The van der Waals surface area contributed by atoms with E-state index in [1.807, 2.05) is 30.3 Å². The summed E-state index contributed by atoms with van der Waals surface area (Å²) in [6.45, 7) is 0.143. The normalized spacial score (nSPS) is 15.9. The predicted molar refractivity (Wildman–Crippen MR) is 51.4 cm³/mol. The quantitative estimate of drug-likeness (QED) is 0.779. The van der Waals surface area contributed by atoms with Crippen LogP contribution in [0.3, 0.4) is 0 Å². The molecule has 0 aliphatic carbocycles. The fourth-order valence-electron chi connectivity index (χ4n) is 1.34. The topological polar surface area (TPSA) is 24.8 Å². The maximum absolute atomic E-state index is 12.2. The SMILES string of the molecule is FC(F)(F)C1=NN(Cc2ccccc2)CO1. The van der Waals surface area contributed by atoms with Gasteiger partial charge in [-0.2, -0.15) is 13.2 Å². The van der Waals surface area contributed by atoms with Crippen LogP contribution in [-0.2, 0) is 11.3 Å². The van der Waals surface area contributed by atoms with Gasteiger partial charge >= 0.3 is 12.1 Å². The Morgan fingerprint density at radius 1 is 1.25 bits per heavy atom. The largest absolute Gasteiger partial charge is 0.470 e. The van der Waals surface area contributed by atoms with E-state index in [0.29, 0.717) is 6.54 Å². The first kappa shape index (κ1) is 10.8. The Kier molecular flexibility index (Phi) is 2.72. The Bertz CT molecular complexity index is 389. The summed E-state index contributed by atoms with van der Waals surface area (Å²) in [7, 11) is 0. The Balaban J connectivity index is 2.02. The van der Waals surface area contributed by atoms with E-state index in [-0.39, 0.29) is 6.73 Å². The van der Waals surface area contributed by atoms with Crippen LogP contribution in [0.1, 0.15) is 5.56 Å². The van der Waals surface area contributed by atoms with E-state index in [2.05, 4.69) is 9.84 Å². The fourth-order valence-corrected chi connectivity index (χ4v) is 1.34. The van der Waals surface area contributed by atoms with Crippen LogP contribution in [0.2, 0.25) is 0 Å². The van der Waals surface area contributed by atoms with Gasteiger partial charge in [-0.15, -0.1) is 5.10 Å². The van der Waals surface area contributed by atoms with Crippen molar-refractivity contribution in [2.24, 2.45) is 5.10 Å². The molecule has 1 aromatic carbocycles. The summed E-state index contributed by atoms with van der Waals surface area (Å²) in [5.41, 5.74) is 0.887. The Morgan fingerprint density at radius 2 is 1.94 bits per heavy atom. The van der Waals surface area contributed by atoms with Crippen molar-refractivity contribution in [1.29, 1.82) is 0 Å². The van der Waals surface area contributed by atoms with Gasteiger partial charge in [-0.25, -0.2) is 0 Å². The number of nitrogens with zero attached hydrogens (tertiary/aromatic N) is 2. The van der Waals surface area contributed by atoms with Gasteiger partial charge in [0.1, 0.15) is 0 Å². The van der Waals surface area contributed by atoms with Crippen molar-refractivity contribution >= 4 is 5.90 Å². The first-order chi connectivity index (χ1) is 7.55. The van der Waals surface area contributed by atoms with Gasteiger partial charge in [-0.05, 0) is 5.56 Å². The molecule has 0 amide bonds. The molecule has 6 heteroatoms. The summed E-state index contributed by atoms with van der Waals surface area (Å²) in [5, 5.41) is 4.59. The van der Waals surface area contributed by atoms with Gasteiger partial charge in [0.15, 0.2) is 6.73 Å². The summed E-state index contributed by atoms with van der Waals surface area (Å²) in [4.78, 5) is 0. The lowest BCUT2D eigenvalue weighted by atomic mass is 10.2. The van der Waals surface area contributed by atoms with E-state index in [4.69, 9.17) is 0 Å². The predicted octanol–water partition coefficient (Wildman–Crippen LogP) is 2.35. The summed E-state index contributed by atoms with van der Waals surface area (Å²) in [6.07, 6.45) is -4.51. The Hall–Kier alpha value is -1.72. The average molecular weight is 230 g/mol. The van der Waals surface area contributed by atoms with Gasteiger partial charge in [0.2, 0.25) is 0 Å². The monoisotopic (exact) mass is 230 g/mol. The molecule has 1 aliphatic rings. The molecular weight excluding hydrogens is 221 g/mol. The van der Waals surface area contributed by atoms with Crippen LogP contribution in [0.4, 0.5) is 13.2 Å². The lowest BCUT2D eigenvalue weighted by Crippen LogP contribution is -2.22. The number of benzene rings is 1. The van der Waals surface area contributed by atoms with Gasteiger partial charge in [-0.3, -0.25) is 5.01 Å². The standard InChI is InChI=1S/C10H9F3N2O/c11-10(12,13)9-14-15(7-16-9)6-8-4-2-1-3-5-8/h1-5H,6-7H2. The highest BCUT2D eigenvalue weighted by Gasteiger charge is 2.41. The summed E-state index contributed by atoms with van der Waals surface area (Å²) < 4.78 is 41.0. The second-order valence-corrected chi connectivity index (χ2v) is 3.33. The highest BCUT2D eigenvalue weighted by atomic mass is 19.4. The number of hydrazone groups is 1. The third-order valence-corrected chi connectivity index (χ3v) is 2.03. The lowest BCUT2D eigenvalue weighted by molar-refractivity contribution is -0.0759. The second-order valence-electron chi connectivity index (χ2n) is 3.33. The zero-order valence-electron chi connectivity index (χ0n) is 8.24. The molecule has 16 heavy (non-hydrogen) atoms. The molecule has 86 valence electrons. The van der Waals surface area contributed by atoms with Crippen LogP contribution < -0.4 is 0 Å². The van der Waals surface area contributed by atoms with Crippen molar-refractivity contribution in [2.75, 3.05) is 6.73 Å². The minimum atomic E-state index is -4.51. The molecule has 0 saturated carbocycles. The molecule has 0 N–H and O–H groups in total. The first-order valence-electron chi connectivity index (χ1n) is 4.63. The van der Waals surface area contributed by atoms with Crippen molar-refractivity contribution in [1.82, 2.24) is 5.01 Å². The third-order valence-electron chi connectivity index (χ3n) is 2.03. The molecule has 3 nitrogen and oxygen atoms in total. The number of rotatable bonds is 2. The van der Waals surface area contributed by atoms with Crippen LogP contribution >= 0.6 is 0 Å². The smallest absolute Gasteiger partial charge is 0.450 e. The molecular formula is C10H9F3N2O. The minimum Gasteiger partial charge on any atom is -0.450 e. The van der Waals surface area contributed by atoms with Crippen LogP contribution in [-0.4, -0.2) is 23.8 Å². The molecule has 0 unspecified atom stereocenters. The molecule has 0 spiro atoms. The van der Waals surface area contributed by atoms with Crippen LogP contribution in [0, 0.1) is 0 Å². The van der Waals surface area contributed by atoms with Gasteiger partial charge in [0, 0.05) is 0 Å². The Labute approximate surface area is 90.1 Å².